The second-order valence-corrected chi connectivity index (χ2v) is 9.05. The van der Waals surface area contributed by atoms with E-state index < -0.39 is 11.6 Å². The van der Waals surface area contributed by atoms with Gasteiger partial charge in [-0.05, 0) is 37.1 Å². The molecule has 0 aliphatic carbocycles. The summed E-state index contributed by atoms with van der Waals surface area (Å²) in [6.45, 7) is 1.09. The van der Waals surface area contributed by atoms with Crippen molar-refractivity contribution in [2.75, 3.05) is 39.2 Å². The molecule has 188 valence electrons. The summed E-state index contributed by atoms with van der Waals surface area (Å²) in [6.07, 6.45) is 2.96. The van der Waals surface area contributed by atoms with Crippen molar-refractivity contribution in [3.8, 4) is 11.5 Å². The average Bonchev–Trinajstić information content (AvgIpc) is 3.38. The third-order valence-corrected chi connectivity index (χ3v) is 7.16. The van der Waals surface area contributed by atoms with Gasteiger partial charge in [-0.2, -0.15) is 0 Å². The molecule has 9 heteroatoms. The predicted molar refractivity (Wildman–Crippen MR) is 134 cm³/mol. The van der Waals surface area contributed by atoms with Crippen molar-refractivity contribution in [3.63, 3.8) is 0 Å². The van der Waals surface area contributed by atoms with Gasteiger partial charge in [0.25, 0.3) is 5.66 Å². The maximum atomic E-state index is 13.3. The largest absolute Gasteiger partial charge is 0.508 e. The van der Waals surface area contributed by atoms with Crippen molar-refractivity contribution in [2.24, 2.45) is 0 Å². The molecule has 0 aromatic heterocycles. The van der Waals surface area contributed by atoms with Crippen LogP contribution in [0.1, 0.15) is 24.0 Å². The molecule has 36 heavy (non-hydrogen) atoms. The first-order valence-electron chi connectivity index (χ1n) is 11.9. The third kappa shape index (κ3) is 3.58. The summed E-state index contributed by atoms with van der Waals surface area (Å²) in [7, 11) is 3.10. The first-order chi connectivity index (χ1) is 17.4. The van der Waals surface area contributed by atoms with Gasteiger partial charge < -0.3 is 29.9 Å². The Bertz CT molecular complexity index is 1280. The molecule has 0 saturated carbocycles. The summed E-state index contributed by atoms with van der Waals surface area (Å²) in [6, 6.07) is 12.8. The summed E-state index contributed by atoms with van der Waals surface area (Å²) in [5, 5.41) is 25.4. The highest BCUT2D eigenvalue weighted by molar-refractivity contribution is 6.11. The number of ketones is 1. The number of allylic oxidation sites excluding steroid dienone is 1. The van der Waals surface area contributed by atoms with Crippen LogP contribution < -0.4 is 14.8 Å². The Morgan fingerprint density at radius 3 is 2.56 bits per heavy atom. The number of hydrogen-bond donors (Lipinski definition) is 3. The molecule has 0 spiro atoms. The standard InChI is InChI=1S/C27H29N3O6/c1-35-18-10-9-17(23(13-18)36-2)16-30-25-19-7-3-4-8-21(19)28-15-22(31)20(25)14-24(32)27(30,26(33)34)29-11-5-6-12-29/h3-4,7-10,13-14,28,32H,5-6,11-12,15-16H2,1-2H3,(H,33,34). The lowest BCUT2D eigenvalue weighted by atomic mass is 9.89. The number of methoxy groups -OCH3 is 2. The van der Waals surface area contributed by atoms with E-state index in [1.54, 1.807) is 29.0 Å². The molecule has 9 nitrogen and oxygen atoms in total. The van der Waals surface area contributed by atoms with Crippen molar-refractivity contribution in [2.45, 2.75) is 25.0 Å². The number of carbonyl (C=O) groups is 2. The number of nitrogens with one attached hydrogen (secondary N) is 1. The Balaban J connectivity index is 1.78. The molecule has 3 N–H and O–H groups in total. The number of aliphatic hydroxyl groups excluding tert-OH is 1. The average molecular weight is 492 g/mol. The van der Waals surface area contributed by atoms with Gasteiger partial charge in [0, 0.05) is 48.1 Å². The van der Waals surface area contributed by atoms with Crippen LogP contribution in [0.4, 0.5) is 5.69 Å². The number of nitrogens with zero attached hydrogens (tertiary/aromatic N) is 2. The van der Waals surface area contributed by atoms with Crippen molar-refractivity contribution in [1.82, 2.24) is 9.80 Å². The second kappa shape index (κ2) is 9.23. The van der Waals surface area contributed by atoms with E-state index in [-0.39, 0.29) is 30.2 Å². The number of carboxylic acids is 1. The Kier molecular flexibility index (Phi) is 6.09. The Morgan fingerprint density at radius 1 is 1.11 bits per heavy atom. The summed E-state index contributed by atoms with van der Waals surface area (Å²) < 4.78 is 11.0. The normalized spacial score (nSPS) is 21.8. The minimum absolute atomic E-state index is 0.0309. The topological polar surface area (TPSA) is 112 Å². The Hall–Kier alpha value is -3.98. The molecule has 0 amide bonds. The van der Waals surface area contributed by atoms with E-state index in [1.165, 1.54) is 13.2 Å². The minimum atomic E-state index is -1.89. The number of aliphatic carboxylic acids is 1. The van der Waals surface area contributed by atoms with Crippen LogP contribution in [0.15, 0.2) is 59.9 Å². The summed E-state index contributed by atoms with van der Waals surface area (Å²) >= 11 is 0. The number of fused-ring (bicyclic) bond motifs is 2. The van der Waals surface area contributed by atoms with Crippen LogP contribution >= 0.6 is 0 Å². The van der Waals surface area contributed by atoms with Crippen LogP contribution in [0.5, 0.6) is 11.5 Å². The smallest absolute Gasteiger partial charge is 0.353 e. The number of carboxylic acid groups (broad SMARTS) is 1. The monoisotopic (exact) mass is 491 g/mol. The number of anilines is 1. The van der Waals surface area contributed by atoms with E-state index in [4.69, 9.17) is 9.47 Å². The number of carbonyl (C=O) groups excluding carboxylic acids is 1. The van der Waals surface area contributed by atoms with E-state index in [9.17, 15) is 19.8 Å². The number of hydrogen-bond acceptors (Lipinski definition) is 8. The molecule has 0 bridgehead atoms. The highest BCUT2D eigenvalue weighted by atomic mass is 16.5. The zero-order valence-corrected chi connectivity index (χ0v) is 20.3. The number of ether oxygens (including phenoxy) is 2. The van der Waals surface area contributed by atoms with Gasteiger partial charge in [0.2, 0.25) is 0 Å². The lowest BCUT2D eigenvalue weighted by Crippen LogP contribution is -2.66. The molecule has 5 rings (SSSR count). The van der Waals surface area contributed by atoms with Gasteiger partial charge in [-0.1, -0.05) is 18.2 Å². The lowest BCUT2D eigenvalue weighted by Gasteiger charge is -2.50. The Labute approximate surface area is 209 Å². The number of para-hydroxylation sites is 1. The van der Waals surface area contributed by atoms with Gasteiger partial charge in [-0.15, -0.1) is 0 Å². The van der Waals surface area contributed by atoms with Crippen LogP contribution in [0, 0.1) is 0 Å². The zero-order chi connectivity index (χ0) is 25.4. The molecular weight excluding hydrogens is 462 g/mol. The number of Topliss-reactive ketones (excluding diaryl/α,β-unsaturated/α-hetero) is 1. The van der Waals surface area contributed by atoms with Gasteiger partial charge in [0.1, 0.15) is 17.3 Å². The molecule has 3 heterocycles. The lowest BCUT2D eigenvalue weighted by molar-refractivity contribution is -0.162. The van der Waals surface area contributed by atoms with Gasteiger partial charge >= 0.3 is 5.97 Å². The molecule has 1 atom stereocenters. The van der Waals surface area contributed by atoms with E-state index in [2.05, 4.69) is 5.32 Å². The van der Waals surface area contributed by atoms with E-state index in [1.807, 2.05) is 30.3 Å². The van der Waals surface area contributed by atoms with Crippen molar-refractivity contribution in [3.05, 3.63) is 71.0 Å². The minimum Gasteiger partial charge on any atom is -0.508 e. The molecule has 2 aromatic carbocycles. The number of aliphatic hydroxyl groups is 1. The van der Waals surface area contributed by atoms with Crippen LogP contribution in [-0.2, 0) is 16.1 Å². The van der Waals surface area contributed by atoms with E-state index in [0.717, 1.165) is 18.5 Å². The number of benzene rings is 2. The van der Waals surface area contributed by atoms with Crippen LogP contribution in [-0.4, -0.2) is 71.3 Å². The highest BCUT2D eigenvalue weighted by Gasteiger charge is 2.57. The van der Waals surface area contributed by atoms with Gasteiger partial charge in [-0.3, -0.25) is 9.69 Å². The first kappa shape index (κ1) is 23.7. The van der Waals surface area contributed by atoms with Crippen molar-refractivity contribution in [1.29, 1.82) is 0 Å². The van der Waals surface area contributed by atoms with Gasteiger partial charge in [0.15, 0.2) is 5.78 Å². The molecule has 1 fully saturated rings. The molecule has 3 aliphatic heterocycles. The fraction of sp³-hybridized carbons (Fsp3) is 0.333. The molecule has 1 saturated heterocycles. The second-order valence-electron chi connectivity index (χ2n) is 9.05. The molecule has 3 aliphatic rings. The SMILES string of the molecule is COc1ccc(CN2C3=C(C=C(O)C2(C(=O)O)N2CCCC2)C(=O)CNc2ccccc23)c(OC)c1. The van der Waals surface area contributed by atoms with Crippen molar-refractivity contribution >= 4 is 23.1 Å². The van der Waals surface area contributed by atoms with E-state index >= 15 is 0 Å². The summed E-state index contributed by atoms with van der Waals surface area (Å²) in [4.78, 5) is 29.9. The summed E-state index contributed by atoms with van der Waals surface area (Å²) in [5.41, 5.74) is 0.946. The third-order valence-electron chi connectivity index (χ3n) is 7.16. The molecule has 2 aromatic rings. The van der Waals surface area contributed by atoms with Gasteiger partial charge in [0.05, 0.1) is 26.5 Å². The predicted octanol–water partition coefficient (Wildman–Crippen LogP) is 3.24. The maximum absolute atomic E-state index is 13.3. The molecular formula is C27H29N3O6. The highest BCUT2D eigenvalue weighted by Crippen LogP contribution is 2.46. The number of rotatable bonds is 6. The fourth-order valence-corrected chi connectivity index (χ4v) is 5.45. The molecule has 0 radical (unpaired) electrons. The Morgan fingerprint density at radius 2 is 1.86 bits per heavy atom. The quantitative estimate of drug-likeness (QED) is 0.561. The zero-order valence-electron chi connectivity index (χ0n) is 20.3. The molecule has 1 unspecified atom stereocenters. The van der Waals surface area contributed by atoms with Crippen LogP contribution in [0.25, 0.3) is 5.70 Å². The number of likely N-dealkylation sites (tertiary alicyclic amines) is 1. The fourth-order valence-electron chi connectivity index (χ4n) is 5.45. The van der Waals surface area contributed by atoms with Crippen LogP contribution in [0.3, 0.4) is 0 Å². The first-order valence-corrected chi connectivity index (χ1v) is 11.9. The van der Waals surface area contributed by atoms with Crippen LogP contribution in [0.2, 0.25) is 0 Å². The van der Waals surface area contributed by atoms with Gasteiger partial charge in [-0.25, -0.2) is 4.79 Å². The summed E-state index contributed by atoms with van der Waals surface area (Å²) in [5.74, 6) is -0.715. The van der Waals surface area contributed by atoms with E-state index in [0.29, 0.717) is 41.4 Å². The van der Waals surface area contributed by atoms with Crippen molar-refractivity contribution < 1.29 is 29.3 Å². The maximum Gasteiger partial charge on any atom is 0.353 e.